The summed E-state index contributed by atoms with van der Waals surface area (Å²) in [6, 6.07) is 21.3. The summed E-state index contributed by atoms with van der Waals surface area (Å²) in [5, 5.41) is 1.05. The molecule has 182 valence electrons. The van der Waals surface area contributed by atoms with Crippen LogP contribution in [0.15, 0.2) is 65.8 Å². The smallest absolute Gasteiger partial charge is 0.222 e. The number of carbonyl (C=O) groups excluding carboxylic acids is 1. The lowest BCUT2D eigenvalue weighted by Crippen LogP contribution is -2.32. The molecule has 0 aliphatic rings. The van der Waals surface area contributed by atoms with Gasteiger partial charge in [-0.1, -0.05) is 86.3 Å². The number of amides is 1. The molecular formula is C29H39N3OS. The minimum Gasteiger partial charge on any atom is -0.343 e. The van der Waals surface area contributed by atoms with Gasteiger partial charge in [0.25, 0.3) is 0 Å². The summed E-state index contributed by atoms with van der Waals surface area (Å²) in [6.07, 6.45) is 4.62. The summed E-state index contributed by atoms with van der Waals surface area (Å²) in [4.78, 5) is 19.7. The first kappa shape index (κ1) is 26.1. The molecule has 0 saturated carbocycles. The molecule has 0 aliphatic heterocycles. The zero-order valence-corrected chi connectivity index (χ0v) is 22.0. The second-order valence-electron chi connectivity index (χ2n) is 8.97. The Morgan fingerprint density at radius 1 is 0.912 bits per heavy atom. The zero-order chi connectivity index (χ0) is 24.3. The van der Waals surface area contributed by atoms with Crippen LogP contribution in [0.25, 0.3) is 22.5 Å². The maximum absolute atomic E-state index is 12.6. The van der Waals surface area contributed by atoms with Gasteiger partial charge in [0, 0.05) is 42.4 Å². The molecule has 3 rings (SSSR count). The molecule has 0 bridgehead atoms. The van der Waals surface area contributed by atoms with Crippen molar-refractivity contribution in [1.29, 1.82) is 0 Å². The van der Waals surface area contributed by atoms with E-state index in [1.165, 1.54) is 11.3 Å². The Balaban J connectivity index is 1.75. The van der Waals surface area contributed by atoms with E-state index in [4.69, 9.17) is 4.98 Å². The number of unbranched alkanes of at least 4 members (excludes halogenated alkanes) is 1. The van der Waals surface area contributed by atoms with Crippen molar-refractivity contribution >= 4 is 17.7 Å². The first-order valence-electron chi connectivity index (χ1n) is 12.7. The van der Waals surface area contributed by atoms with Crippen molar-refractivity contribution in [2.24, 2.45) is 0 Å². The Morgan fingerprint density at radius 2 is 1.50 bits per heavy atom. The van der Waals surface area contributed by atoms with Crippen LogP contribution in [0.2, 0.25) is 0 Å². The fraction of sp³-hybridized carbons (Fsp3) is 0.448. The molecular weight excluding hydrogens is 438 g/mol. The van der Waals surface area contributed by atoms with Crippen LogP contribution in [0, 0.1) is 0 Å². The van der Waals surface area contributed by atoms with Crippen molar-refractivity contribution in [1.82, 2.24) is 14.5 Å². The molecule has 4 nitrogen and oxygen atoms in total. The topological polar surface area (TPSA) is 38.1 Å². The molecule has 1 amide bonds. The van der Waals surface area contributed by atoms with Gasteiger partial charge < -0.3 is 9.47 Å². The highest BCUT2D eigenvalue weighted by atomic mass is 32.2. The molecule has 1 aromatic heterocycles. The molecule has 5 heteroatoms. The third-order valence-electron chi connectivity index (χ3n) is 5.85. The quantitative estimate of drug-likeness (QED) is 0.187. The fourth-order valence-corrected chi connectivity index (χ4v) is 5.39. The number of hydrogen-bond acceptors (Lipinski definition) is 3. The van der Waals surface area contributed by atoms with Crippen LogP contribution in [0.4, 0.5) is 0 Å². The molecule has 0 radical (unpaired) electrons. The van der Waals surface area contributed by atoms with E-state index in [-0.39, 0.29) is 0 Å². The second kappa shape index (κ2) is 13.4. The zero-order valence-electron chi connectivity index (χ0n) is 21.2. The summed E-state index contributed by atoms with van der Waals surface area (Å²) in [7, 11) is 0. The maximum atomic E-state index is 12.6. The Kier molecular flexibility index (Phi) is 10.3. The van der Waals surface area contributed by atoms with Gasteiger partial charge in [0.15, 0.2) is 5.16 Å². The molecule has 1 heterocycles. The molecule has 0 spiro atoms. The molecule has 0 saturated heterocycles. The van der Waals surface area contributed by atoms with E-state index in [0.29, 0.717) is 18.4 Å². The minimum atomic E-state index is 0.292. The van der Waals surface area contributed by atoms with Crippen LogP contribution in [-0.4, -0.2) is 39.2 Å². The number of nitrogens with zero attached hydrogens (tertiary/aromatic N) is 3. The van der Waals surface area contributed by atoms with Crippen molar-refractivity contribution in [3.63, 3.8) is 0 Å². The van der Waals surface area contributed by atoms with Crippen LogP contribution >= 0.6 is 11.8 Å². The SMILES string of the molecule is CCCN(CCC)C(=O)CCCCSc1nc(-c2ccccc2)c(-c2ccccc2)n1C(C)C. The van der Waals surface area contributed by atoms with Gasteiger partial charge in [-0.05, 0) is 39.5 Å². The van der Waals surface area contributed by atoms with E-state index in [1.54, 1.807) is 0 Å². The lowest BCUT2D eigenvalue weighted by atomic mass is 10.0. The first-order chi connectivity index (χ1) is 16.6. The largest absolute Gasteiger partial charge is 0.343 e. The molecule has 34 heavy (non-hydrogen) atoms. The molecule has 0 fully saturated rings. The Labute approximate surface area is 209 Å². The summed E-state index contributed by atoms with van der Waals surface area (Å²) < 4.78 is 2.37. The third-order valence-corrected chi connectivity index (χ3v) is 6.88. The van der Waals surface area contributed by atoms with E-state index in [2.05, 4.69) is 86.9 Å². The fourth-order valence-electron chi connectivity index (χ4n) is 4.26. The van der Waals surface area contributed by atoms with Crippen molar-refractivity contribution in [2.75, 3.05) is 18.8 Å². The minimum absolute atomic E-state index is 0.292. The van der Waals surface area contributed by atoms with Crippen molar-refractivity contribution in [2.45, 2.75) is 71.0 Å². The normalized spacial score (nSPS) is 11.2. The molecule has 0 atom stereocenters. The number of carbonyl (C=O) groups is 1. The standard InChI is InChI=1S/C29H39N3OS/c1-5-20-31(21-6-2)26(33)19-13-14-22-34-29-30-27(24-15-9-7-10-16-24)28(32(29)23(3)4)25-17-11-8-12-18-25/h7-12,15-18,23H,5-6,13-14,19-22H2,1-4H3. The predicted molar refractivity (Wildman–Crippen MR) is 145 cm³/mol. The summed E-state index contributed by atoms with van der Waals surface area (Å²) in [5.74, 6) is 1.26. The van der Waals surface area contributed by atoms with Gasteiger partial charge in [-0.15, -0.1) is 0 Å². The highest BCUT2D eigenvalue weighted by molar-refractivity contribution is 7.99. The molecule has 0 aliphatic carbocycles. The van der Waals surface area contributed by atoms with E-state index < -0.39 is 0 Å². The Morgan fingerprint density at radius 3 is 2.06 bits per heavy atom. The molecule has 0 N–H and O–H groups in total. The number of rotatable bonds is 13. The number of imidazole rings is 1. The molecule has 2 aromatic carbocycles. The van der Waals surface area contributed by atoms with Crippen LogP contribution in [-0.2, 0) is 4.79 Å². The van der Waals surface area contributed by atoms with Crippen LogP contribution in [0.1, 0.15) is 65.8 Å². The number of aromatic nitrogens is 2. The van der Waals surface area contributed by atoms with Gasteiger partial charge >= 0.3 is 0 Å². The van der Waals surface area contributed by atoms with Crippen molar-refractivity contribution in [3.05, 3.63) is 60.7 Å². The monoisotopic (exact) mass is 477 g/mol. The highest BCUT2D eigenvalue weighted by Gasteiger charge is 2.22. The van der Waals surface area contributed by atoms with Crippen molar-refractivity contribution in [3.8, 4) is 22.5 Å². The van der Waals surface area contributed by atoms with Gasteiger partial charge in [-0.25, -0.2) is 4.98 Å². The van der Waals surface area contributed by atoms with Gasteiger partial charge in [-0.3, -0.25) is 4.79 Å². The van der Waals surface area contributed by atoms with Gasteiger partial charge in [-0.2, -0.15) is 0 Å². The van der Waals surface area contributed by atoms with Gasteiger partial charge in [0.2, 0.25) is 5.91 Å². The molecule has 0 unspecified atom stereocenters. The Bertz CT molecular complexity index is 1010. The van der Waals surface area contributed by atoms with Crippen LogP contribution < -0.4 is 0 Å². The lowest BCUT2D eigenvalue weighted by molar-refractivity contribution is -0.131. The van der Waals surface area contributed by atoms with Crippen LogP contribution in [0.3, 0.4) is 0 Å². The average molecular weight is 478 g/mol. The molecule has 3 aromatic rings. The first-order valence-corrected chi connectivity index (χ1v) is 13.7. The average Bonchev–Trinajstić information content (AvgIpc) is 3.24. The summed E-state index contributed by atoms with van der Waals surface area (Å²) in [6.45, 7) is 10.5. The Hall–Kier alpha value is -2.53. The van der Waals surface area contributed by atoms with E-state index in [9.17, 15) is 4.79 Å². The summed E-state index contributed by atoms with van der Waals surface area (Å²) >= 11 is 1.81. The van der Waals surface area contributed by atoms with Gasteiger partial charge in [0.1, 0.15) is 0 Å². The number of hydrogen-bond donors (Lipinski definition) is 0. The maximum Gasteiger partial charge on any atom is 0.222 e. The number of thioether (sulfide) groups is 1. The number of benzene rings is 2. The van der Waals surface area contributed by atoms with E-state index in [1.807, 2.05) is 22.7 Å². The van der Waals surface area contributed by atoms with E-state index >= 15 is 0 Å². The second-order valence-corrected chi connectivity index (χ2v) is 10.0. The third kappa shape index (κ3) is 6.75. The predicted octanol–water partition coefficient (Wildman–Crippen LogP) is 7.71. The van der Waals surface area contributed by atoms with E-state index in [0.717, 1.165) is 60.9 Å². The highest BCUT2D eigenvalue weighted by Crippen LogP contribution is 2.38. The summed E-state index contributed by atoms with van der Waals surface area (Å²) in [5.41, 5.74) is 4.54. The lowest BCUT2D eigenvalue weighted by Gasteiger charge is -2.21. The van der Waals surface area contributed by atoms with Crippen molar-refractivity contribution < 1.29 is 4.79 Å². The van der Waals surface area contributed by atoms with Crippen LogP contribution in [0.5, 0.6) is 0 Å². The van der Waals surface area contributed by atoms with Gasteiger partial charge in [0.05, 0.1) is 11.4 Å².